The van der Waals surface area contributed by atoms with Crippen LogP contribution in [0.1, 0.15) is 46.1 Å². The second-order valence-electron chi connectivity index (χ2n) is 8.04. The third-order valence-corrected chi connectivity index (χ3v) is 4.54. The molecule has 1 atom stereocenters. The highest BCUT2D eigenvalue weighted by Gasteiger charge is 2.33. The Morgan fingerprint density at radius 3 is 2.46 bits per heavy atom. The molecule has 2 N–H and O–H groups in total. The van der Waals surface area contributed by atoms with Gasteiger partial charge in [0.25, 0.3) is 0 Å². The maximum Gasteiger partial charge on any atom is 0.229 e. The second-order valence-corrected chi connectivity index (χ2v) is 8.04. The van der Waals surface area contributed by atoms with Gasteiger partial charge in [0.05, 0.1) is 5.92 Å². The van der Waals surface area contributed by atoms with Crippen LogP contribution >= 0.6 is 0 Å². The molecule has 6 heteroatoms. The number of likely N-dealkylation sites (tertiary alicyclic amines) is 1. The first-order valence-corrected chi connectivity index (χ1v) is 9.06. The zero-order valence-electron chi connectivity index (χ0n) is 16.3. The molecule has 1 aliphatic rings. The van der Waals surface area contributed by atoms with Crippen molar-refractivity contribution < 1.29 is 14.4 Å². The van der Waals surface area contributed by atoms with Gasteiger partial charge in [0.2, 0.25) is 17.7 Å². The SMILES string of the molecule is CC(=O)Nc1ccc(C)c(NC(=O)C2CCCN(C(=O)C(C)(C)C)C2)c1. The van der Waals surface area contributed by atoms with E-state index in [4.69, 9.17) is 0 Å². The molecule has 1 unspecified atom stereocenters. The zero-order valence-corrected chi connectivity index (χ0v) is 16.3. The summed E-state index contributed by atoms with van der Waals surface area (Å²) in [4.78, 5) is 38.3. The minimum Gasteiger partial charge on any atom is -0.341 e. The topological polar surface area (TPSA) is 78.5 Å². The van der Waals surface area contributed by atoms with E-state index in [-0.39, 0.29) is 23.6 Å². The molecule has 1 saturated heterocycles. The van der Waals surface area contributed by atoms with Crippen LogP contribution in [0.5, 0.6) is 0 Å². The Morgan fingerprint density at radius 1 is 1.15 bits per heavy atom. The number of nitrogens with one attached hydrogen (secondary N) is 2. The lowest BCUT2D eigenvalue weighted by molar-refractivity contribution is -0.142. The Hall–Kier alpha value is -2.37. The van der Waals surface area contributed by atoms with Crippen LogP contribution in [-0.4, -0.2) is 35.7 Å². The van der Waals surface area contributed by atoms with Gasteiger partial charge in [-0.1, -0.05) is 26.8 Å². The minimum absolute atomic E-state index is 0.0823. The molecule has 1 aromatic rings. The van der Waals surface area contributed by atoms with Gasteiger partial charge in [0, 0.05) is 36.8 Å². The van der Waals surface area contributed by atoms with Crippen LogP contribution in [0.3, 0.4) is 0 Å². The summed E-state index contributed by atoms with van der Waals surface area (Å²) >= 11 is 0. The normalized spacial score (nSPS) is 17.6. The van der Waals surface area contributed by atoms with Crippen molar-refractivity contribution in [2.75, 3.05) is 23.7 Å². The Bertz CT molecular complexity index is 707. The van der Waals surface area contributed by atoms with Crippen LogP contribution in [0.4, 0.5) is 11.4 Å². The second kappa shape index (κ2) is 7.89. The van der Waals surface area contributed by atoms with E-state index in [1.54, 1.807) is 17.0 Å². The number of rotatable bonds is 3. The number of benzene rings is 1. The van der Waals surface area contributed by atoms with Crippen LogP contribution in [-0.2, 0) is 14.4 Å². The molecule has 0 spiro atoms. The quantitative estimate of drug-likeness (QED) is 0.870. The molecule has 1 aromatic carbocycles. The maximum absolute atomic E-state index is 12.7. The number of carbonyl (C=O) groups excluding carboxylic acids is 3. The van der Waals surface area contributed by atoms with Gasteiger partial charge >= 0.3 is 0 Å². The van der Waals surface area contributed by atoms with E-state index in [1.807, 2.05) is 33.8 Å². The fourth-order valence-corrected chi connectivity index (χ4v) is 3.12. The van der Waals surface area contributed by atoms with Gasteiger partial charge in [-0.2, -0.15) is 0 Å². The molecule has 6 nitrogen and oxygen atoms in total. The molecular weight excluding hydrogens is 330 g/mol. The van der Waals surface area contributed by atoms with Gasteiger partial charge in [0.1, 0.15) is 0 Å². The summed E-state index contributed by atoms with van der Waals surface area (Å²) in [6.45, 7) is 10.2. The molecule has 1 heterocycles. The summed E-state index contributed by atoms with van der Waals surface area (Å²) in [6, 6.07) is 5.42. The number of nitrogens with zero attached hydrogens (tertiary/aromatic N) is 1. The largest absolute Gasteiger partial charge is 0.341 e. The Labute approximate surface area is 155 Å². The van der Waals surface area contributed by atoms with Gasteiger partial charge in [-0.05, 0) is 37.5 Å². The highest BCUT2D eigenvalue weighted by molar-refractivity contribution is 5.95. The summed E-state index contributed by atoms with van der Waals surface area (Å²) < 4.78 is 0. The lowest BCUT2D eigenvalue weighted by Gasteiger charge is -2.36. The van der Waals surface area contributed by atoms with E-state index < -0.39 is 5.41 Å². The van der Waals surface area contributed by atoms with E-state index in [1.165, 1.54) is 6.92 Å². The first-order chi connectivity index (χ1) is 12.1. The van der Waals surface area contributed by atoms with Gasteiger partial charge in [0.15, 0.2) is 0 Å². The van der Waals surface area contributed by atoms with Crippen molar-refractivity contribution in [3.63, 3.8) is 0 Å². The van der Waals surface area contributed by atoms with Crippen molar-refractivity contribution >= 4 is 29.1 Å². The van der Waals surface area contributed by atoms with E-state index in [0.29, 0.717) is 24.5 Å². The lowest BCUT2D eigenvalue weighted by atomic mass is 9.91. The first kappa shape index (κ1) is 19.9. The Kier molecular flexibility index (Phi) is 6.05. The van der Waals surface area contributed by atoms with Gasteiger partial charge < -0.3 is 15.5 Å². The number of anilines is 2. The number of piperidine rings is 1. The number of carbonyl (C=O) groups is 3. The average molecular weight is 359 g/mol. The number of amides is 3. The van der Waals surface area contributed by atoms with Gasteiger partial charge in [-0.15, -0.1) is 0 Å². The zero-order chi connectivity index (χ0) is 19.5. The number of hydrogen-bond acceptors (Lipinski definition) is 3. The number of hydrogen-bond donors (Lipinski definition) is 2. The predicted octanol–water partition coefficient (Wildman–Crippen LogP) is 3.18. The first-order valence-electron chi connectivity index (χ1n) is 9.06. The maximum atomic E-state index is 12.7. The van der Waals surface area contributed by atoms with E-state index in [0.717, 1.165) is 18.4 Å². The van der Waals surface area contributed by atoms with Crippen LogP contribution in [0.25, 0.3) is 0 Å². The highest BCUT2D eigenvalue weighted by Crippen LogP contribution is 2.26. The van der Waals surface area contributed by atoms with Crippen molar-refractivity contribution in [3.8, 4) is 0 Å². The van der Waals surface area contributed by atoms with Crippen molar-refractivity contribution in [3.05, 3.63) is 23.8 Å². The van der Waals surface area contributed by atoms with E-state index >= 15 is 0 Å². The standard InChI is InChI=1S/C20H29N3O3/c1-13-8-9-16(21-14(2)24)11-17(13)22-18(25)15-7-6-10-23(12-15)19(26)20(3,4)5/h8-9,11,15H,6-7,10,12H2,1-5H3,(H,21,24)(H,22,25). The van der Waals surface area contributed by atoms with Crippen LogP contribution in [0, 0.1) is 18.3 Å². The predicted molar refractivity (Wildman–Crippen MR) is 103 cm³/mol. The average Bonchev–Trinajstić information content (AvgIpc) is 2.56. The Balaban J connectivity index is 2.07. The summed E-state index contributed by atoms with van der Waals surface area (Å²) in [5.74, 6) is -0.382. The van der Waals surface area contributed by atoms with E-state index in [2.05, 4.69) is 10.6 Å². The summed E-state index contributed by atoms with van der Waals surface area (Å²) in [5, 5.41) is 5.68. The molecule has 0 radical (unpaired) electrons. The number of aryl methyl sites for hydroxylation is 1. The molecule has 26 heavy (non-hydrogen) atoms. The smallest absolute Gasteiger partial charge is 0.229 e. The third-order valence-electron chi connectivity index (χ3n) is 4.54. The summed E-state index contributed by atoms with van der Waals surface area (Å²) in [7, 11) is 0. The molecule has 1 fully saturated rings. The molecule has 3 amide bonds. The van der Waals surface area contributed by atoms with Crippen LogP contribution in [0.2, 0.25) is 0 Å². The fraction of sp³-hybridized carbons (Fsp3) is 0.550. The Morgan fingerprint density at radius 2 is 1.85 bits per heavy atom. The molecule has 0 aliphatic carbocycles. The van der Waals surface area contributed by atoms with E-state index in [9.17, 15) is 14.4 Å². The summed E-state index contributed by atoms with van der Waals surface area (Å²) in [6.07, 6.45) is 1.59. The van der Waals surface area contributed by atoms with Gasteiger partial charge in [-0.25, -0.2) is 0 Å². The highest BCUT2D eigenvalue weighted by atomic mass is 16.2. The van der Waals surface area contributed by atoms with Crippen molar-refractivity contribution in [2.45, 2.75) is 47.5 Å². The van der Waals surface area contributed by atoms with Crippen molar-refractivity contribution in [1.82, 2.24) is 4.90 Å². The molecule has 2 rings (SSSR count). The molecule has 142 valence electrons. The van der Waals surface area contributed by atoms with Crippen LogP contribution in [0.15, 0.2) is 18.2 Å². The fourth-order valence-electron chi connectivity index (χ4n) is 3.12. The minimum atomic E-state index is -0.443. The molecule has 0 aromatic heterocycles. The summed E-state index contributed by atoms with van der Waals surface area (Å²) in [5.41, 5.74) is 1.81. The van der Waals surface area contributed by atoms with Gasteiger partial charge in [-0.3, -0.25) is 14.4 Å². The van der Waals surface area contributed by atoms with Crippen LogP contribution < -0.4 is 10.6 Å². The van der Waals surface area contributed by atoms with Crippen molar-refractivity contribution in [2.24, 2.45) is 11.3 Å². The van der Waals surface area contributed by atoms with Crippen molar-refractivity contribution in [1.29, 1.82) is 0 Å². The molecule has 0 saturated carbocycles. The monoisotopic (exact) mass is 359 g/mol. The molecule has 0 bridgehead atoms. The molecular formula is C20H29N3O3. The molecule has 1 aliphatic heterocycles. The lowest BCUT2D eigenvalue weighted by Crippen LogP contribution is -2.47. The third kappa shape index (κ3) is 5.07.